The Labute approximate surface area is 160 Å². The summed E-state index contributed by atoms with van der Waals surface area (Å²) in [6.45, 7) is 1.45. The van der Waals surface area contributed by atoms with Crippen molar-refractivity contribution in [1.29, 1.82) is 0 Å². The highest BCUT2D eigenvalue weighted by Gasteiger charge is 2.27. The van der Waals surface area contributed by atoms with Crippen molar-refractivity contribution in [2.24, 2.45) is 5.92 Å². The minimum absolute atomic E-state index is 0.0641. The lowest BCUT2D eigenvalue weighted by molar-refractivity contribution is -0.144. The SMILES string of the molecule is O=C(CN1CCCC(C(=O)O)C1)NC(Cc1ccccc1)c1ccccc1. The minimum Gasteiger partial charge on any atom is -0.481 e. The molecule has 1 aliphatic heterocycles. The second-order valence-electron chi connectivity index (χ2n) is 7.13. The van der Waals surface area contributed by atoms with E-state index in [0.29, 0.717) is 19.4 Å². The normalized spacial score (nSPS) is 18.6. The number of benzene rings is 2. The highest BCUT2D eigenvalue weighted by atomic mass is 16.4. The maximum Gasteiger partial charge on any atom is 0.307 e. The van der Waals surface area contributed by atoms with Crippen LogP contribution in [-0.2, 0) is 16.0 Å². The first-order valence-corrected chi connectivity index (χ1v) is 9.45. The van der Waals surface area contributed by atoms with Gasteiger partial charge in [-0.2, -0.15) is 0 Å². The van der Waals surface area contributed by atoms with E-state index in [1.807, 2.05) is 53.4 Å². The van der Waals surface area contributed by atoms with Crippen LogP contribution in [0.4, 0.5) is 0 Å². The Morgan fingerprint density at radius 3 is 2.41 bits per heavy atom. The summed E-state index contributed by atoms with van der Waals surface area (Å²) in [6, 6.07) is 19.9. The Morgan fingerprint density at radius 1 is 1.07 bits per heavy atom. The zero-order valence-electron chi connectivity index (χ0n) is 15.4. The quantitative estimate of drug-likeness (QED) is 0.791. The molecule has 0 saturated carbocycles. The van der Waals surface area contributed by atoms with Crippen LogP contribution in [-0.4, -0.2) is 41.5 Å². The predicted molar refractivity (Wildman–Crippen MR) is 104 cm³/mol. The molecule has 0 bridgehead atoms. The third kappa shape index (κ3) is 5.66. The van der Waals surface area contributed by atoms with Crippen LogP contribution in [0, 0.1) is 5.92 Å². The van der Waals surface area contributed by atoms with Crippen molar-refractivity contribution in [2.45, 2.75) is 25.3 Å². The summed E-state index contributed by atoms with van der Waals surface area (Å²) in [6.07, 6.45) is 2.22. The molecule has 1 fully saturated rings. The Kier molecular flexibility index (Phi) is 6.60. The molecule has 142 valence electrons. The molecule has 2 N–H and O–H groups in total. The van der Waals surface area contributed by atoms with Gasteiger partial charge in [-0.25, -0.2) is 0 Å². The minimum atomic E-state index is -0.772. The fraction of sp³-hybridized carbons (Fsp3) is 0.364. The van der Waals surface area contributed by atoms with E-state index < -0.39 is 5.97 Å². The number of carboxylic acids is 1. The molecule has 1 heterocycles. The number of carbonyl (C=O) groups excluding carboxylic acids is 1. The number of carbonyl (C=O) groups is 2. The standard InChI is InChI=1S/C22H26N2O3/c25-21(16-24-13-7-12-19(15-24)22(26)27)23-20(18-10-5-2-6-11-18)14-17-8-3-1-4-9-17/h1-6,8-11,19-20H,7,12-16H2,(H,23,25)(H,26,27). The molecular weight excluding hydrogens is 340 g/mol. The number of aliphatic carboxylic acids is 1. The number of carboxylic acid groups (broad SMARTS) is 1. The molecule has 0 spiro atoms. The maximum absolute atomic E-state index is 12.7. The molecule has 1 amide bonds. The lowest BCUT2D eigenvalue weighted by Crippen LogP contribution is -2.45. The van der Waals surface area contributed by atoms with Crippen LogP contribution in [0.5, 0.6) is 0 Å². The summed E-state index contributed by atoms with van der Waals surface area (Å²) in [4.78, 5) is 25.8. The van der Waals surface area contributed by atoms with Gasteiger partial charge >= 0.3 is 5.97 Å². The molecule has 5 nitrogen and oxygen atoms in total. The molecule has 2 atom stereocenters. The van der Waals surface area contributed by atoms with E-state index in [1.165, 1.54) is 0 Å². The molecule has 2 aromatic carbocycles. The van der Waals surface area contributed by atoms with Gasteiger partial charge in [-0.05, 0) is 36.9 Å². The van der Waals surface area contributed by atoms with Gasteiger partial charge in [0, 0.05) is 6.54 Å². The first kappa shape index (κ1) is 19.1. The zero-order valence-corrected chi connectivity index (χ0v) is 15.4. The number of amides is 1. The molecular formula is C22H26N2O3. The van der Waals surface area contributed by atoms with Crippen LogP contribution >= 0.6 is 0 Å². The maximum atomic E-state index is 12.7. The fourth-order valence-corrected chi connectivity index (χ4v) is 3.63. The monoisotopic (exact) mass is 366 g/mol. The van der Waals surface area contributed by atoms with E-state index in [-0.39, 0.29) is 24.4 Å². The second-order valence-corrected chi connectivity index (χ2v) is 7.13. The lowest BCUT2D eigenvalue weighted by atomic mass is 9.98. The molecule has 1 aliphatic rings. The van der Waals surface area contributed by atoms with Gasteiger partial charge in [0.05, 0.1) is 18.5 Å². The second kappa shape index (κ2) is 9.33. The van der Waals surface area contributed by atoms with Crippen LogP contribution in [0.3, 0.4) is 0 Å². The summed E-state index contributed by atoms with van der Waals surface area (Å²) in [7, 11) is 0. The Hall–Kier alpha value is -2.66. The number of nitrogens with zero attached hydrogens (tertiary/aromatic N) is 1. The molecule has 2 aromatic rings. The van der Waals surface area contributed by atoms with Crippen LogP contribution in [0.1, 0.15) is 30.0 Å². The first-order chi connectivity index (χ1) is 13.1. The number of hydrogen-bond acceptors (Lipinski definition) is 3. The van der Waals surface area contributed by atoms with Crippen molar-refractivity contribution >= 4 is 11.9 Å². The van der Waals surface area contributed by atoms with Gasteiger partial charge in [-0.15, -0.1) is 0 Å². The highest BCUT2D eigenvalue weighted by molar-refractivity contribution is 5.78. The zero-order chi connectivity index (χ0) is 19.1. The van der Waals surface area contributed by atoms with Crippen LogP contribution in [0.2, 0.25) is 0 Å². The number of likely N-dealkylation sites (tertiary alicyclic amines) is 1. The third-order valence-electron chi connectivity index (χ3n) is 5.04. The summed E-state index contributed by atoms with van der Waals surface area (Å²) in [5, 5.41) is 12.4. The molecule has 0 aliphatic carbocycles. The summed E-state index contributed by atoms with van der Waals surface area (Å²) in [5.41, 5.74) is 2.23. The van der Waals surface area contributed by atoms with E-state index in [4.69, 9.17) is 0 Å². The van der Waals surface area contributed by atoms with Crippen molar-refractivity contribution in [3.05, 3.63) is 71.8 Å². The van der Waals surface area contributed by atoms with E-state index in [2.05, 4.69) is 17.4 Å². The average molecular weight is 366 g/mol. The molecule has 0 radical (unpaired) electrons. The van der Waals surface area contributed by atoms with Gasteiger partial charge in [0.25, 0.3) is 0 Å². The van der Waals surface area contributed by atoms with E-state index >= 15 is 0 Å². The predicted octanol–water partition coefficient (Wildman–Crippen LogP) is 2.88. The number of piperidine rings is 1. The average Bonchev–Trinajstić information content (AvgIpc) is 2.69. The van der Waals surface area contributed by atoms with Crippen molar-refractivity contribution in [2.75, 3.05) is 19.6 Å². The molecule has 5 heteroatoms. The summed E-state index contributed by atoms with van der Waals surface area (Å²) in [5.74, 6) is -1.21. The first-order valence-electron chi connectivity index (χ1n) is 9.45. The molecule has 3 rings (SSSR count). The molecule has 27 heavy (non-hydrogen) atoms. The molecule has 2 unspecified atom stereocenters. The van der Waals surface area contributed by atoms with Crippen molar-refractivity contribution < 1.29 is 14.7 Å². The largest absolute Gasteiger partial charge is 0.481 e. The topological polar surface area (TPSA) is 69.6 Å². The third-order valence-corrected chi connectivity index (χ3v) is 5.04. The van der Waals surface area contributed by atoms with Gasteiger partial charge in [0.15, 0.2) is 0 Å². The van der Waals surface area contributed by atoms with E-state index in [9.17, 15) is 14.7 Å². The molecule has 0 aromatic heterocycles. The van der Waals surface area contributed by atoms with Gasteiger partial charge in [0.1, 0.15) is 0 Å². The van der Waals surface area contributed by atoms with Gasteiger partial charge in [-0.1, -0.05) is 60.7 Å². The van der Waals surface area contributed by atoms with E-state index in [0.717, 1.165) is 24.1 Å². The van der Waals surface area contributed by atoms with E-state index in [1.54, 1.807) is 0 Å². The van der Waals surface area contributed by atoms with Crippen LogP contribution in [0.15, 0.2) is 60.7 Å². The Morgan fingerprint density at radius 2 is 1.74 bits per heavy atom. The fourth-order valence-electron chi connectivity index (χ4n) is 3.63. The van der Waals surface area contributed by atoms with Crippen molar-refractivity contribution in [3.8, 4) is 0 Å². The lowest BCUT2D eigenvalue weighted by Gasteiger charge is -2.30. The van der Waals surface area contributed by atoms with Gasteiger partial charge in [-0.3, -0.25) is 14.5 Å². The molecule has 1 saturated heterocycles. The van der Waals surface area contributed by atoms with Crippen LogP contribution in [0.25, 0.3) is 0 Å². The van der Waals surface area contributed by atoms with Gasteiger partial charge in [0.2, 0.25) is 5.91 Å². The smallest absolute Gasteiger partial charge is 0.307 e. The summed E-state index contributed by atoms with van der Waals surface area (Å²) < 4.78 is 0. The number of hydrogen-bond donors (Lipinski definition) is 2. The number of rotatable bonds is 7. The Balaban J connectivity index is 1.64. The van der Waals surface area contributed by atoms with Crippen molar-refractivity contribution in [3.63, 3.8) is 0 Å². The highest BCUT2D eigenvalue weighted by Crippen LogP contribution is 2.19. The Bertz CT molecular complexity index is 749. The number of nitrogens with one attached hydrogen (secondary N) is 1. The van der Waals surface area contributed by atoms with Crippen molar-refractivity contribution in [1.82, 2.24) is 10.2 Å². The van der Waals surface area contributed by atoms with Crippen LogP contribution < -0.4 is 5.32 Å². The summed E-state index contributed by atoms with van der Waals surface area (Å²) >= 11 is 0. The van der Waals surface area contributed by atoms with Gasteiger partial charge < -0.3 is 10.4 Å².